The van der Waals surface area contributed by atoms with E-state index >= 15 is 0 Å². The summed E-state index contributed by atoms with van der Waals surface area (Å²) >= 11 is 2.54. The monoisotopic (exact) mass is 436 g/mol. The summed E-state index contributed by atoms with van der Waals surface area (Å²) in [7, 11) is 0. The van der Waals surface area contributed by atoms with Crippen molar-refractivity contribution in [1.82, 2.24) is 15.0 Å². The number of nitrogen functional groups attached to an aromatic ring is 1. The van der Waals surface area contributed by atoms with E-state index in [1.807, 2.05) is 66.9 Å². The Morgan fingerprint density at radius 3 is 2.63 bits per heavy atom. The molecular weight excluding hydrogens is 416 g/mol. The van der Waals surface area contributed by atoms with E-state index in [1.165, 1.54) is 16.9 Å². The summed E-state index contributed by atoms with van der Waals surface area (Å²) in [6.07, 6.45) is 0. The molecule has 0 radical (unpaired) electrons. The summed E-state index contributed by atoms with van der Waals surface area (Å²) in [5.74, 6) is 5.99. The van der Waals surface area contributed by atoms with E-state index in [0.717, 1.165) is 33.1 Å². The van der Waals surface area contributed by atoms with E-state index in [4.69, 9.17) is 5.84 Å². The highest BCUT2D eigenvalue weighted by Gasteiger charge is 2.17. The Kier molecular flexibility index (Phi) is 5.87. The molecule has 0 aliphatic carbocycles. The minimum Gasteiger partial charge on any atom is -0.351 e. The number of nitrogens with two attached hydrogens (primary N) is 1. The van der Waals surface area contributed by atoms with Gasteiger partial charge >= 0.3 is 0 Å². The Hall–Kier alpha value is -3.10. The third-order valence-corrected chi connectivity index (χ3v) is 6.46. The molecule has 2 aromatic carbocycles. The molecule has 2 aromatic heterocycles. The van der Waals surface area contributed by atoms with Crippen LogP contribution in [0.2, 0.25) is 0 Å². The van der Waals surface area contributed by atoms with Crippen LogP contribution in [0, 0.1) is 6.92 Å². The maximum absolute atomic E-state index is 12.9. The summed E-state index contributed by atoms with van der Waals surface area (Å²) in [6, 6.07) is 17.6. The van der Waals surface area contributed by atoms with Gasteiger partial charge in [0, 0.05) is 17.5 Å². The zero-order chi connectivity index (χ0) is 21.1. The van der Waals surface area contributed by atoms with E-state index in [9.17, 15) is 9.59 Å². The van der Waals surface area contributed by atoms with E-state index in [2.05, 4.69) is 10.3 Å². The van der Waals surface area contributed by atoms with E-state index in [1.54, 1.807) is 0 Å². The van der Waals surface area contributed by atoms with Crippen LogP contribution in [0.25, 0.3) is 21.3 Å². The van der Waals surface area contributed by atoms with Crippen LogP contribution in [0.1, 0.15) is 11.1 Å². The molecule has 0 spiro atoms. The average molecular weight is 437 g/mol. The molecule has 0 saturated carbocycles. The van der Waals surface area contributed by atoms with Gasteiger partial charge in [0.2, 0.25) is 5.91 Å². The molecular formula is C22H20N4O2S2. The predicted molar refractivity (Wildman–Crippen MR) is 123 cm³/mol. The van der Waals surface area contributed by atoms with E-state index < -0.39 is 0 Å². The van der Waals surface area contributed by atoms with Gasteiger partial charge in [-0.1, -0.05) is 71.9 Å². The van der Waals surface area contributed by atoms with Crippen LogP contribution in [-0.2, 0) is 11.3 Å². The first-order valence-electron chi connectivity index (χ1n) is 9.32. The maximum atomic E-state index is 12.9. The summed E-state index contributed by atoms with van der Waals surface area (Å²) < 4.78 is 1.03. The number of amides is 1. The van der Waals surface area contributed by atoms with Crippen molar-refractivity contribution in [2.45, 2.75) is 18.6 Å². The first-order chi connectivity index (χ1) is 14.5. The number of benzene rings is 2. The number of carbonyl (C=O) groups is 1. The lowest BCUT2D eigenvalue weighted by Crippen LogP contribution is -2.30. The molecule has 0 aliphatic heterocycles. The van der Waals surface area contributed by atoms with Crippen molar-refractivity contribution >= 4 is 39.2 Å². The van der Waals surface area contributed by atoms with Crippen LogP contribution >= 0.6 is 23.1 Å². The van der Waals surface area contributed by atoms with Gasteiger partial charge in [0.1, 0.15) is 4.83 Å². The molecule has 3 N–H and O–H groups in total. The summed E-state index contributed by atoms with van der Waals surface area (Å²) in [4.78, 5) is 30.2. The fourth-order valence-corrected chi connectivity index (χ4v) is 4.74. The lowest BCUT2D eigenvalue weighted by Gasteiger charge is -2.08. The molecule has 0 saturated heterocycles. The van der Waals surface area contributed by atoms with Crippen molar-refractivity contribution in [2.75, 3.05) is 11.6 Å². The first kappa shape index (κ1) is 20.2. The molecule has 6 nitrogen and oxygen atoms in total. The van der Waals surface area contributed by atoms with Crippen molar-refractivity contribution in [3.63, 3.8) is 0 Å². The van der Waals surface area contributed by atoms with E-state index in [0.29, 0.717) is 21.9 Å². The van der Waals surface area contributed by atoms with Gasteiger partial charge in [-0.2, -0.15) is 0 Å². The zero-order valence-electron chi connectivity index (χ0n) is 16.3. The summed E-state index contributed by atoms with van der Waals surface area (Å²) in [6.45, 7) is 2.47. The van der Waals surface area contributed by atoms with Crippen LogP contribution in [0.3, 0.4) is 0 Å². The average Bonchev–Trinajstić information content (AvgIpc) is 3.19. The number of hydrogen-bond donors (Lipinski definition) is 2. The molecule has 152 valence electrons. The van der Waals surface area contributed by atoms with Crippen LogP contribution in [0.4, 0.5) is 0 Å². The van der Waals surface area contributed by atoms with Crippen LogP contribution in [-0.4, -0.2) is 21.3 Å². The number of nitrogens with one attached hydrogen (secondary N) is 1. The highest BCUT2D eigenvalue weighted by atomic mass is 32.2. The number of aromatic nitrogens is 2. The van der Waals surface area contributed by atoms with Crippen LogP contribution in [0.15, 0.2) is 69.9 Å². The number of hydrogen-bond acceptors (Lipinski definition) is 6. The predicted octanol–water partition coefficient (Wildman–Crippen LogP) is 3.56. The fourth-order valence-electron chi connectivity index (χ4n) is 3.00. The number of aryl methyl sites for hydroxylation is 1. The quantitative estimate of drug-likeness (QED) is 0.274. The maximum Gasteiger partial charge on any atom is 0.282 e. The largest absolute Gasteiger partial charge is 0.351 e. The van der Waals surface area contributed by atoms with Gasteiger partial charge in [-0.25, -0.2) is 9.66 Å². The second kappa shape index (κ2) is 8.73. The minimum atomic E-state index is -0.317. The number of fused-ring (bicyclic) bond motifs is 1. The SMILES string of the molecule is Cc1ccc(CNC(=O)CSc2nc3scc(-c4ccccc4)c3c(=O)n2N)cc1. The first-order valence-corrected chi connectivity index (χ1v) is 11.2. The Labute approximate surface area is 181 Å². The molecule has 0 atom stereocenters. The van der Waals surface area contributed by atoms with Gasteiger partial charge < -0.3 is 11.2 Å². The van der Waals surface area contributed by atoms with Crippen LogP contribution in [0.5, 0.6) is 0 Å². The Morgan fingerprint density at radius 1 is 1.17 bits per heavy atom. The van der Waals surface area contributed by atoms with Crippen molar-refractivity contribution in [3.8, 4) is 11.1 Å². The summed E-state index contributed by atoms with van der Waals surface area (Å²) in [5, 5.41) is 5.61. The zero-order valence-corrected chi connectivity index (χ0v) is 17.9. The number of thiophene rings is 1. The summed E-state index contributed by atoms with van der Waals surface area (Å²) in [5.41, 5.74) is 3.65. The Morgan fingerprint density at radius 2 is 1.90 bits per heavy atom. The van der Waals surface area contributed by atoms with Crippen molar-refractivity contribution in [2.24, 2.45) is 0 Å². The van der Waals surface area contributed by atoms with Gasteiger partial charge in [0.25, 0.3) is 5.56 Å². The Bertz CT molecular complexity index is 1250. The van der Waals surface area contributed by atoms with Gasteiger partial charge in [-0.05, 0) is 18.1 Å². The lowest BCUT2D eigenvalue weighted by molar-refractivity contribution is -0.118. The van der Waals surface area contributed by atoms with Gasteiger partial charge in [-0.15, -0.1) is 11.3 Å². The third kappa shape index (κ3) is 4.24. The molecule has 1 amide bonds. The number of thioether (sulfide) groups is 1. The van der Waals surface area contributed by atoms with Gasteiger partial charge in [0.15, 0.2) is 5.16 Å². The highest BCUT2D eigenvalue weighted by molar-refractivity contribution is 7.99. The van der Waals surface area contributed by atoms with Gasteiger partial charge in [0.05, 0.1) is 11.1 Å². The molecule has 0 aliphatic rings. The molecule has 4 rings (SSSR count). The Balaban J connectivity index is 1.48. The normalized spacial score (nSPS) is 11.0. The van der Waals surface area contributed by atoms with Gasteiger partial charge in [-0.3, -0.25) is 9.59 Å². The molecule has 30 heavy (non-hydrogen) atoms. The highest BCUT2D eigenvalue weighted by Crippen LogP contribution is 2.31. The van der Waals surface area contributed by atoms with Crippen LogP contribution < -0.4 is 16.7 Å². The second-order valence-electron chi connectivity index (χ2n) is 6.82. The topological polar surface area (TPSA) is 90.0 Å². The molecule has 0 bridgehead atoms. The number of carbonyl (C=O) groups excluding carboxylic acids is 1. The standard InChI is InChI=1S/C22H20N4O2S2/c1-14-7-9-15(10-8-14)11-24-18(27)13-30-22-25-20-19(21(28)26(22)23)17(12-29-20)16-5-3-2-4-6-16/h2-10,12H,11,13,23H2,1H3,(H,24,27). The lowest BCUT2D eigenvalue weighted by atomic mass is 10.1. The fraction of sp³-hybridized carbons (Fsp3) is 0.136. The van der Waals surface area contributed by atoms with Crippen molar-refractivity contribution < 1.29 is 4.79 Å². The molecule has 0 fully saturated rings. The molecule has 2 heterocycles. The molecule has 4 aromatic rings. The minimum absolute atomic E-state index is 0.123. The van der Waals surface area contributed by atoms with Crippen molar-refractivity contribution in [3.05, 3.63) is 81.5 Å². The number of nitrogens with zero attached hydrogens (tertiary/aromatic N) is 2. The van der Waals surface area contributed by atoms with E-state index in [-0.39, 0.29) is 17.2 Å². The van der Waals surface area contributed by atoms with Crippen molar-refractivity contribution in [1.29, 1.82) is 0 Å². The smallest absolute Gasteiger partial charge is 0.282 e. The molecule has 8 heteroatoms. The molecule has 0 unspecified atom stereocenters. The number of rotatable bonds is 6. The third-order valence-electron chi connectivity index (χ3n) is 4.63. The second-order valence-corrected chi connectivity index (χ2v) is 8.62.